The first kappa shape index (κ1) is 9.38. The molecular weight excluding hydrogens is 172 g/mol. The van der Waals surface area contributed by atoms with Gasteiger partial charge in [-0.2, -0.15) is 0 Å². The van der Waals surface area contributed by atoms with Crippen molar-refractivity contribution in [1.82, 2.24) is 4.98 Å². The van der Waals surface area contributed by atoms with Crippen molar-refractivity contribution in [2.45, 2.75) is 12.5 Å². The maximum Gasteiger partial charge on any atom is 0.108 e. The number of pyridine rings is 1. The number of rotatable bonds is 3. The van der Waals surface area contributed by atoms with Gasteiger partial charge >= 0.3 is 0 Å². The summed E-state index contributed by atoms with van der Waals surface area (Å²) in [6.45, 7) is 0.0881. The Bertz CT molecular complexity index is 297. The Hall–Kier alpha value is -0.710. The SMILES string of the molecule is N[C@@H](CCO)c1ccc[nH]c1=S. The predicted octanol–water partition coefficient (Wildman–Crippen LogP) is 1.13. The van der Waals surface area contributed by atoms with Gasteiger partial charge in [-0.05, 0) is 12.5 Å². The fourth-order valence-electron chi connectivity index (χ4n) is 1.02. The van der Waals surface area contributed by atoms with Crippen LogP contribution in [-0.2, 0) is 0 Å². The average Bonchev–Trinajstić information content (AvgIpc) is 2.05. The average molecular weight is 184 g/mol. The molecule has 1 rings (SSSR count). The van der Waals surface area contributed by atoms with Crippen molar-refractivity contribution in [3.8, 4) is 0 Å². The molecular formula is C8H12N2OS. The summed E-state index contributed by atoms with van der Waals surface area (Å²) in [7, 11) is 0. The second kappa shape index (κ2) is 4.35. The van der Waals surface area contributed by atoms with E-state index in [9.17, 15) is 0 Å². The molecule has 4 N–H and O–H groups in total. The van der Waals surface area contributed by atoms with Gasteiger partial charge in [0.05, 0.1) is 0 Å². The summed E-state index contributed by atoms with van der Waals surface area (Å²) in [6, 6.07) is 3.56. The van der Waals surface area contributed by atoms with Crippen LogP contribution in [-0.4, -0.2) is 16.7 Å². The Labute approximate surface area is 76.2 Å². The third kappa shape index (κ3) is 2.14. The summed E-state index contributed by atoms with van der Waals surface area (Å²) in [6.07, 6.45) is 2.30. The van der Waals surface area contributed by atoms with Crippen molar-refractivity contribution < 1.29 is 5.11 Å². The highest BCUT2D eigenvalue weighted by Crippen LogP contribution is 2.12. The standard InChI is InChI=1S/C8H12N2OS/c9-7(3-5-11)6-2-1-4-10-8(6)12/h1-2,4,7,11H,3,5,9H2,(H,10,12)/t7-/m0/s1. The van der Waals surface area contributed by atoms with Crippen LogP contribution in [0.3, 0.4) is 0 Å². The van der Waals surface area contributed by atoms with Gasteiger partial charge in [0.1, 0.15) is 4.64 Å². The third-order valence-electron chi connectivity index (χ3n) is 1.69. The zero-order chi connectivity index (χ0) is 8.97. The number of aromatic amines is 1. The Kier molecular flexibility index (Phi) is 3.40. The minimum absolute atomic E-state index is 0.0881. The Morgan fingerprint density at radius 3 is 3.00 bits per heavy atom. The van der Waals surface area contributed by atoms with Crippen LogP contribution in [0.2, 0.25) is 0 Å². The maximum atomic E-state index is 8.66. The normalized spacial score (nSPS) is 12.8. The van der Waals surface area contributed by atoms with Gasteiger partial charge in [0.2, 0.25) is 0 Å². The summed E-state index contributed by atoms with van der Waals surface area (Å²) >= 11 is 5.03. The van der Waals surface area contributed by atoms with E-state index in [0.29, 0.717) is 11.1 Å². The molecule has 0 bridgehead atoms. The molecule has 0 aromatic carbocycles. The second-order valence-corrected chi connectivity index (χ2v) is 2.98. The molecule has 12 heavy (non-hydrogen) atoms. The van der Waals surface area contributed by atoms with Crippen LogP contribution in [0.25, 0.3) is 0 Å². The Morgan fingerprint density at radius 1 is 1.67 bits per heavy atom. The van der Waals surface area contributed by atoms with Gasteiger partial charge in [-0.25, -0.2) is 0 Å². The number of aromatic nitrogens is 1. The van der Waals surface area contributed by atoms with Gasteiger partial charge in [0.25, 0.3) is 0 Å². The van der Waals surface area contributed by atoms with Crippen molar-refractivity contribution in [3.63, 3.8) is 0 Å². The van der Waals surface area contributed by atoms with Crippen molar-refractivity contribution >= 4 is 12.2 Å². The zero-order valence-corrected chi connectivity index (χ0v) is 7.47. The largest absolute Gasteiger partial charge is 0.396 e. The van der Waals surface area contributed by atoms with Crippen LogP contribution in [0, 0.1) is 4.64 Å². The van der Waals surface area contributed by atoms with Gasteiger partial charge in [-0.1, -0.05) is 18.3 Å². The Morgan fingerprint density at radius 2 is 2.42 bits per heavy atom. The molecule has 0 saturated carbocycles. The van der Waals surface area contributed by atoms with Crippen LogP contribution < -0.4 is 5.73 Å². The highest BCUT2D eigenvalue weighted by molar-refractivity contribution is 7.71. The fourth-order valence-corrected chi connectivity index (χ4v) is 1.31. The number of aliphatic hydroxyl groups excluding tert-OH is 1. The number of H-pyrrole nitrogens is 1. The second-order valence-electron chi connectivity index (χ2n) is 2.57. The molecule has 0 unspecified atom stereocenters. The molecule has 0 fully saturated rings. The van der Waals surface area contributed by atoms with Crippen LogP contribution in [0.4, 0.5) is 0 Å². The maximum absolute atomic E-state index is 8.66. The smallest absolute Gasteiger partial charge is 0.108 e. The summed E-state index contributed by atoms with van der Waals surface area (Å²) in [5.74, 6) is 0. The van der Waals surface area contributed by atoms with E-state index in [0.717, 1.165) is 5.56 Å². The lowest BCUT2D eigenvalue weighted by Gasteiger charge is -2.09. The molecule has 1 aromatic heterocycles. The molecule has 0 aliphatic rings. The number of nitrogens with one attached hydrogen (secondary N) is 1. The minimum atomic E-state index is -0.167. The molecule has 0 aliphatic heterocycles. The Balaban J connectivity index is 2.87. The highest BCUT2D eigenvalue weighted by Gasteiger charge is 2.05. The van der Waals surface area contributed by atoms with E-state index >= 15 is 0 Å². The van der Waals surface area contributed by atoms with Crippen LogP contribution in [0.5, 0.6) is 0 Å². The monoisotopic (exact) mass is 184 g/mol. The molecule has 66 valence electrons. The van der Waals surface area contributed by atoms with Gasteiger partial charge in [0.15, 0.2) is 0 Å². The lowest BCUT2D eigenvalue weighted by Crippen LogP contribution is -2.12. The zero-order valence-electron chi connectivity index (χ0n) is 6.66. The molecule has 1 heterocycles. The molecule has 1 aromatic rings. The van der Waals surface area contributed by atoms with Gasteiger partial charge < -0.3 is 15.8 Å². The molecule has 0 saturated heterocycles. The van der Waals surface area contributed by atoms with E-state index in [1.165, 1.54) is 0 Å². The summed E-state index contributed by atoms with van der Waals surface area (Å²) in [5, 5.41) is 8.66. The minimum Gasteiger partial charge on any atom is -0.396 e. The fraction of sp³-hybridized carbons (Fsp3) is 0.375. The van der Waals surface area contributed by atoms with Gasteiger partial charge in [0, 0.05) is 24.4 Å². The number of hydrogen-bond acceptors (Lipinski definition) is 3. The first-order valence-electron chi connectivity index (χ1n) is 3.79. The van der Waals surface area contributed by atoms with Crippen molar-refractivity contribution in [1.29, 1.82) is 0 Å². The van der Waals surface area contributed by atoms with Crippen LogP contribution >= 0.6 is 12.2 Å². The van der Waals surface area contributed by atoms with E-state index in [2.05, 4.69) is 4.98 Å². The van der Waals surface area contributed by atoms with Crippen molar-refractivity contribution in [3.05, 3.63) is 28.5 Å². The molecule has 3 nitrogen and oxygen atoms in total. The first-order chi connectivity index (χ1) is 5.75. The topological polar surface area (TPSA) is 62.0 Å². The van der Waals surface area contributed by atoms with E-state index in [4.69, 9.17) is 23.1 Å². The predicted molar refractivity (Wildman–Crippen MR) is 50.3 cm³/mol. The van der Waals surface area contributed by atoms with Crippen LogP contribution in [0.15, 0.2) is 18.3 Å². The number of aliphatic hydroxyl groups is 1. The van der Waals surface area contributed by atoms with E-state index in [1.54, 1.807) is 6.20 Å². The lowest BCUT2D eigenvalue weighted by atomic mass is 10.1. The summed E-state index contributed by atoms with van der Waals surface area (Å²) < 4.78 is 0.651. The molecule has 0 amide bonds. The molecule has 0 radical (unpaired) electrons. The van der Waals surface area contributed by atoms with Gasteiger partial charge in [-0.15, -0.1) is 0 Å². The van der Waals surface area contributed by atoms with Crippen molar-refractivity contribution in [2.75, 3.05) is 6.61 Å². The molecule has 4 heteroatoms. The third-order valence-corrected chi connectivity index (χ3v) is 2.04. The molecule has 0 aliphatic carbocycles. The van der Waals surface area contributed by atoms with Crippen molar-refractivity contribution in [2.24, 2.45) is 5.73 Å². The van der Waals surface area contributed by atoms with E-state index in [-0.39, 0.29) is 12.6 Å². The number of hydrogen-bond donors (Lipinski definition) is 3. The summed E-state index contributed by atoms with van der Waals surface area (Å²) in [5.41, 5.74) is 6.65. The molecule has 0 spiro atoms. The van der Waals surface area contributed by atoms with E-state index < -0.39 is 0 Å². The van der Waals surface area contributed by atoms with E-state index in [1.807, 2.05) is 12.1 Å². The van der Waals surface area contributed by atoms with Crippen LogP contribution in [0.1, 0.15) is 18.0 Å². The summed E-state index contributed by atoms with van der Waals surface area (Å²) in [4.78, 5) is 2.89. The quantitative estimate of drug-likeness (QED) is 0.617. The van der Waals surface area contributed by atoms with Gasteiger partial charge in [-0.3, -0.25) is 0 Å². The highest BCUT2D eigenvalue weighted by atomic mass is 32.1. The lowest BCUT2D eigenvalue weighted by molar-refractivity contribution is 0.276. The first-order valence-corrected chi connectivity index (χ1v) is 4.20. The number of nitrogens with two attached hydrogens (primary N) is 1. The molecule has 1 atom stereocenters.